The maximum atomic E-state index is 13.7. The summed E-state index contributed by atoms with van der Waals surface area (Å²) in [6.45, 7) is 3.58. The van der Waals surface area contributed by atoms with Crippen LogP contribution in [-0.4, -0.2) is 141 Å². The summed E-state index contributed by atoms with van der Waals surface area (Å²) in [6.07, 6.45) is -3.02. The number of carbonyl (C=O) groups is 9. The summed E-state index contributed by atoms with van der Waals surface area (Å²) < 4.78 is 39.4. The highest BCUT2D eigenvalue weighted by molar-refractivity contribution is 7.81. The van der Waals surface area contributed by atoms with Crippen LogP contribution in [-0.2, 0) is 56.2 Å². The molecule has 4 rings (SSSR count). The van der Waals surface area contributed by atoms with Crippen molar-refractivity contribution in [3.63, 3.8) is 0 Å². The fourth-order valence-corrected chi connectivity index (χ4v) is 9.07. The van der Waals surface area contributed by atoms with Crippen LogP contribution in [0.3, 0.4) is 0 Å². The van der Waals surface area contributed by atoms with Gasteiger partial charge >= 0.3 is 18.1 Å². The molecule has 422 valence electrons. The lowest BCUT2D eigenvalue weighted by atomic mass is 9.77. The van der Waals surface area contributed by atoms with E-state index in [0.717, 1.165) is 0 Å². The van der Waals surface area contributed by atoms with Gasteiger partial charge in [0.05, 0.1) is 28.6 Å². The number of alkyl halides is 3. The standard InChI is InChI=1S/C52H71F3N10O11S/c1-6-40(66)60-37(49(73)74)19-12-15-25-57-46(70)33(26-34(48(72)63(4)5)28-51(2,3)50(75)76)27-39(77)47(71)58-24-14-7-13-23-56-42(68)30-65-45-35-17-9-8-16-32(35)29-64(38-20-11-10-18-36(38)44(45)61-62-65)43(69)22-21-41(67)59-31-52(53,54)55/h8-11,16-18,20,33-34,37,39,77H,6-7,12-15,19,21-31H2,1-5H3,(H,56,68)(H,57,70)(H,58,71)(H,59,67)(H,60,66)(H,73,74)(H,75,76)/t33?,34?,37-,39?/m0/s1. The van der Waals surface area contributed by atoms with Gasteiger partial charge in [0, 0.05) is 76.0 Å². The summed E-state index contributed by atoms with van der Waals surface area (Å²) in [4.78, 5) is 118. The lowest BCUT2D eigenvalue weighted by molar-refractivity contribution is -0.149. The second-order valence-electron chi connectivity index (χ2n) is 19.8. The molecule has 25 heteroatoms. The van der Waals surface area contributed by atoms with Crippen molar-refractivity contribution in [1.29, 1.82) is 0 Å². The van der Waals surface area contributed by atoms with Gasteiger partial charge in [-0.05, 0) is 83.3 Å². The molecular formula is C52H71F3N10O11S. The topological polar surface area (TPSA) is 291 Å². The number of unbranched alkanes of at least 4 members (excludes halogenated alkanes) is 3. The van der Waals surface area contributed by atoms with Crippen molar-refractivity contribution in [3.05, 3.63) is 54.1 Å². The van der Waals surface area contributed by atoms with Gasteiger partial charge in [-0.25, -0.2) is 9.48 Å². The molecule has 0 saturated carbocycles. The van der Waals surface area contributed by atoms with Gasteiger partial charge < -0.3 is 46.6 Å². The number of anilines is 1. The van der Waals surface area contributed by atoms with Gasteiger partial charge in [-0.3, -0.25) is 38.4 Å². The molecule has 0 fully saturated rings. The number of aliphatic carboxylic acids is 2. The number of carbonyl (C=O) groups excluding carboxylic acids is 7. The highest BCUT2D eigenvalue weighted by Crippen LogP contribution is 2.41. The van der Waals surface area contributed by atoms with Crippen molar-refractivity contribution in [2.75, 3.05) is 45.2 Å². The van der Waals surface area contributed by atoms with Crippen LogP contribution in [0.5, 0.6) is 0 Å². The number of aromatic nitrogens is 3. The van der Waals surface area contributed by atoms with Gasteiger partial charge in [-0.15, -0.1) is 5.10 Å². The lowest BCUT2D eigenvalue weighted by Gasteiger charge is -2.30. The number of amides is 7. The van der Waals surface area contributed by atoms with E-state index in [0.29, 0.717) is 72.4 Å². The van der Waals surface area contributed by atoms with E-state index in [-0.39, 0.29) is 76.5 Å². The summed E-state index contributed by atoms with van der Waals surface area (Å²) in [5.41, 5.74) is 1.84. The average Bonchev–Trinajstić information content (AvgIpc) is 3.78. The number of halogens is 3. The van der Waals surface area contributed by atoms with Crippen molar-refractivity contribution in [1.82, 2.24) is 46.5 Å². The van der Waals surface area contributed by atoms with Gasteiger partial charge in [-0.2, -0.15) is 25.8 Å². The molecule has 1 aliphatic heterocycles. The summed E-state index contributed by atoms with van der Waals surface area (Å²) in [5, 5.41) is 39.9. The molecule has 2 heterocycles. The van der Waals surface area contributed by atoms with E-state index in [4.69, 9.17) is 0 Å². The largest absolute Gasteiger partial charge is 0.481 e. The molecule has 77 heavy (non-hydrogen) atoms. The third kappa shape index (κ3) is 19.5. The quantitative estimate of drug-likeness (QED) is 0.0338. The number of fused-ring (bicyclic) bond motifs is 5. The van der Waals surface area contributed by atoms with Crippen molar-refractivity contribution in [3.8, 4) is 22.5 Å². The molecule has 1 aliphatic rings. The third-order valence-corrected chi connectivity index (χ3v) is 13.4. The Hall–Kier alpha value is -7.05. The second-order valence-corrected chi connectivity index (χ2v) is 20.4. The van der Waals surface area contributed by atoms with E-state index in [9.17, 15) is 66.5 Å². The predicted molar refractivity (Wildman–Crippen MR) is 281 cm³/mol. The van der Waals surface area contributed by atoms with Crippen LogP contribution in [0.2, 0.25) is 0 Å². The Kier molecular flexibility index (Phi) is 23.9. The SMILES string of the molecule is CCC(=O)N[C@@H](CCCCNC(=O)C(CC(S)C(=O)NCCCCCNC(=O)Cn1nnc2c1-c1ccccc1CN(C(=O)CCC(=O)NCC(F)(F)F)c1ccccc1-2)CC(CC(C)(C)C(=O)O)C(=O)N(C)C)C(=O)O. The zero-order valence-corrected chi connectivity index (χ0v) is 44.9. The Morgan fingerprint density at radius 1 is 0.753 bits per heavy atom. The van der Waals surface area contributed by atoms with Crippen LogP contribution in [0.4, 0.5) is 18.9 Å². The van der Waals surface area contributed by atoms with E-state index < -0.39 is 89.2 Å². The first-order valence-electron chi connectivity index (χ1n) is 25.5. The van der Waals surface area contributed by atoms with Crippen LogP contribution in [0.15, 0.2) is 48.5 Å². The molecule has 0 saturated heterocycles. The Balaban J connectivity index is 1.33. The minimum atomic E-state index is -4.60. The van der Waals surface area contributed by atoms with Crippen LogP contribution in [0, 0.1) is 17.3 Å². The van der Waals surface area contributed by atoms with Gasteiger partial charge in [0.25, 0.3) is 0 Å². The number of carboxylic acids is 2. The van der Waals surface area contributed by atoms with Gasteiger partial charge in [-0.1, -0.05) is 54.6 Å². The van der Waals surface area contributed by atoms with E-state index >= 15 is 0 Å². The molecule has 7 amide bonds. The normalized spacial score (nSPS) is 13.6. The number of hydrogen-bond acceptors (Lipinski definition) is 12. The molecule has 7 N–H and O–H groups in total. The van der Waals surface area contributed by atoms with E-state index in [1.807, 2.05) is 0 Å². The molecule has 0 spiro atoms. The van der Waals surface area contributed by atoms with Gasteiger partial charge in [0.15, 0.2) is 0 Å². The fourth-order valence-electron chi connectivity index (χ4n) is 8.72. The molecule has 3 unspecified atom stereocenters. The van der Waals surface area contributed by atoms with Crippen molar-refractivity contribution in [2.24, 2.45) is 17.3 Å². The van der Waals surface area contributed by atoms with Crippen molar-refractivity contribution < 1.29 is 66.5 Å². The molecular weight excluding hydrogens is 1030 g/mol. The number of nitrogens with one attached hydrogen (secondary N) is 5. The first kappa shape index (κ1) is 62.5. The first-order valence-corrected chi connectivity index (χ1v) is 26.1. The molecule has 1 aromatic heterocycles. The van der Waals surface area contributed by atoms with Crippen LogP contribution in [0.1, 0.15) is 103 Å². The number of benzene rings is 2. The first-order chi connectivity index (χ1) is 36.3. The second kappa shape index (κ2) is 29.5. The Bertz CT molecular complexity index is 2580. The average molecular weight is 1100 g/mol. The molecule has 0 aliphatic carbocycles. The summed E-state index contributed by atoms with van der Waals surface area (Å²) in [7, 11) is 3.05. The zero-order chi connectivity index (χ0) is 57.0. The zero-order valence-electron chi connectivity index (χ0n) is 44.0. The number of nitrogens with zero attached hydrogens (tertiary/aromatic N) is 5. The summed E-state index contributed by atoms with van der Waals surface area (Å²) in [5.74, 6) is -7.65. The summed E-state index contributed by atoms with van der Waals surface area (Å²) >= 11 is 4.54. The molecule has 3 aromatic rings. The molecule has 4 atom stereocenters. The predicted octanol–water partition coefficient (Wildman–Crippen LogP) is 4.49. The Labute approximate surface area is 450 Å². The number of rotatable bonds is 30. The van der Waals surface area contributed by atoms with Crippen LogP contribution in [0.25, 0.3) is 22.5 Å². The van der Waals surface area contributed by atoms with E-state index in [1.165, 1.54) is 42.4 Å². The molecule has 0 radical (unpaired) electrons. The Morgan fingerprint density at radius 3 is 2.01 bits per heavy atom. The maximum absolute atomic E-state index is 13.7. The highest BCUT2D eigenvalue weighted by atomic mass is 32.1. The third-order valence-electron chi connectivity index (χ3n) is 13.0. The number of hydrogen-bond donors (Lipinski definition) is 8. The molecule has 2 aromatic carbocycles. The minimum Gasteiger partial charge on any atom is -0.481 e. The van der Waals surface area contributed by atoms with Crippen LogP contribution < -0.4 is 31.5 Å². The van der Waals surface area contributed by atoms with Crippen molar-refractivity contribution >= 4 is 71.6 Å². The maximum Gasteiger partial charge on any atom is 0.405 e. The number of para-hydroxylation sites is 1. The monoisotopic (exact) mass is 1100 g/mol. The van der Waals surface area contributed by atoms with E-state index in [2.05, 4.69) is 44.2 Å². The van der Waals surface area contributed by atoms with E-state index in [1.54, 1.807) is 60.8 Å². The Morgan fingerprint density at radius 2 is 1.38 bits per heavy atom. The molecule has 0 bridgehead atoms. The lowest BCUT2D eigenvalue weighted by Crippen LogP contribution is -2.42. The van der Waals surface area contributed by atoms with Crippen molar-refractivity contribution in [2.45, 2.75) is 128 Å². The van der Waals surface area contributed by atoms with Gasteiger partial charge in [0.2, 0.25) is 41.4 Å². The van der Waals surface area contributed by atoms with Gasteiger partial charge in [0.1, 0.15) is 24.8 Å². The minimum absolute atomic E-state index is 0.0407. The summed E-state index contributed by atoms with van der Waals surface area (Å²) in [6, 6.07) is 12.9. The number of thiol groups is 1. The fraction of sp³-hybridized carbons (Fsp3) is 0.558. The number of carboxylic acid groups (broad SMARTS) is 2. The van der Waals surface area contributed by atoms with Crippen LogP contribution >= 0.6 is 12.6 Å². The molecule has 21 nitrogen and oxygen atoms in total. The smallest absolute Gasteiger partial charge is 0.405 e. The highest BCUT2D eigenvalue weighted by Gasteiger charge is 2.38.